The zero-order valence-corrected chi connectivity index (χ0v) is 11.1. The third kappa shape index (κ3) is 4.18. The molecular formula is C12H21ClN2. The molecule has 0 N–H and O–H groups in total. The second-order valence-corrected chi connectivity index (χ2v) is 3.30. The molecule has 0 saturated carbocycles. The maximum absolute atomic E-state index is 5.74. The normalized spacial score (nSPS) is 13.2. The Bertz CT molecular complexity index is 287. The summed E-state index contributed by atoms with van der Waals surface area (Å²) >= 11 is 5.74. The van der Waals surface area contributed by atoms with Crippen LogP contribution < -0.4 is 0 Å². The number of fused-ring (bicyclic) bond motifs is 1. The molecule has 1 aliphatic heterocycles. The van der Waals surface area contributed by atoms with E-state index in [0.29, 0.717) is 5.15 Å². The average molecular weight is 229 g/mol. The van der Waals surface area contributed by atoms with E-state index in [1.54, 1.807) is 0 Å². The van der Waals surface area contributed by atoms with Crippen molar-refractivity contribution in [1.29, 1.82) is 0 Å². The molecule has 2 nitrogen and oxygen atoms in total. The highest BCUT2D eigenvalue weighted by Crippen LogP contribution is 2.20. The van der Waals surface area contributed by atoms with Crippen LogP contribution in [0.25, 0.3) is 0 Å². The first-order valence-corrected chi connectivity index (χ1v) is 5.96. The average Bonchev–Trinajstić information content (AvgIpc) is 2.63. The summed E-state index contributed by atoms with van der Waals surface area (Å²) in [5, 5.41) is 0.596. The van der Waals surface area contributed by atoms with Gasteiger partial charge in [-0.25, -0.2) is 4.98 Å². The zero-order valence-electron chi connectivity index (χ0n) is 10.3. The van der Waals surface area contributed by atoms with Gasteiger partial charge in [-0.1, -0.05) is 45.4 Å². The SMILES string of the molecule is CC.CC.CN1Cc2ccc(Cl)nc2C1. The standard InChI is InChI=1S/C8H9ClN2.2C2H6/c1-11-4-6-2-3-8(9)10-7(6)5-11;2*1-2/h2-3H,4-5H2,1H3;2*1-2H3. The van der Waals surface area contributed by atoms with E-state index in [1.165, 1.54) is 5.56 Å². The first kappa shape index (κ1) is 14.4. The Morgan fingerprint density at radius 3 is 2.33 bits per heavy atom. The van der Waals surface area contributed by atoms with Crippen LogP contribution in [0, 0.1) is 0 Å². The van der Waals surface area contributed by atoms with Gasteiger partial charge in [-0.3, -0.25) is 4.90 Å². The Morgan fingerprint density at radius 2 is 1.73 bits per heavy atom. The first-order valence-electron chi connectivity index (χ1n) is 5.58. The summed E-state index contributed by atoms with van der Waals surface area (Å²) in [6.45, 7) is 9.93. The van der Waals surface area contributed by atoms with Crippen LogP contribution in [0.5, 0.6) is 0 Å². The number of nitrogens with zero attached hydrogens (tertiary/aromatic N) is 2. The lowest BCUT2D eigenvalue weighted by molar-refractivity contribution is 0.351. The quantitative estimate of drug-likeness (QED) is 0.629. The molecule has 0 radical (unpaired) electrons. The van der Waals surface area contributed by atoms with E-state index in [9.17, 15) is 0 Å². The fourth-order valence-corrected chi connectivity index (χ4v) is 1.55. The summed E-state index contributed by atoms with van der Waals surface area (Å²) in [4.78, 5) is 6.44. The summed E-state index contributed by atoms with van der Waals surface area (Å²) in [5.74, 6) is 0. The molecule has 2 rings (SSSR count). The molecule has 0 amide bonds. The third-order valence-electron chi connectivity index (χ3n) is 1.89. The smallest absolute Gasteiger partial charge is 0.129 e. The second kappa shape index (κ2) is 7.66. The van der Waals surface area contributed by atoms with Crippen LogP contribution in [-0.2, 0) is 13.1 Å². The van der Waals surface area contributed by atoms with Gasteiger partial charge >= 0.3 is 0 Å². The third-order valence-corrected chi connectivity index (χ3v) is 2.10. The summed E-state index contributed by atoms with van der Waals surface area (Å²) in [5.41, 5.74) is 2.43. The van der Waals surface area contributed by atoms with Crippen LogP contribution in [0.1, 0.15) is 39.0 Å². The van der Waals surface area contributed by atoms with E-state index in [0.717, 1.165) is 18.8 Å². The van der Waals surface area contributed by atoms with Gasteiger partial charge in [0.05, 0.1) is 5.69 Å². The molecule has 1 aromatic heterocycles. The lowest BCUT2D eigenvalue weighted by Gasteiger charge is -2.01. The fourth-order valence-electron chi connectivity index (χ4n) is 1.39. The molecule has 15 heavy (non-hydrogen) atoms. The summed E-state index contributed by atoms with van der Waals surface area (Å²) < 4.78 is 0. The van der Waals surface area contributed by atoms with Gasteiger partial charge in [-0.15, -0.1) is 0 Å². The van der Waals surface area contributed by atoms with Gasteiger partial charge < -0.3 is 0 Å². The van der Waals surface area contributed by atoms with Crippen LogP contribution in [0.15, 0.2) is 12.1 Å². The van der Waals surface area contributed by atoms with Crippen LogP contribution in [0.2, 0.25) is 5.15 Å². The van der Waals surface area contributed by atoms with Crippen molar-refractivity contribution in [3.05, 3.63) is 28.5 Å². The molecule has 0 saturated heterocycles. The van der Waals surface area contributed by atoms with Crippen molar-refractivity contribution in [3.8, 4) is 0 Å². The molecule has 3 heteroatoms. The van der Waals surface area contributed by atoms with Crippen LogP contribution in [0.4, 0.5) is 0 Å². The first-order chi connectivity index (χ1) is 7.25. The predicted molar refractivity (Wildman–Crippen MR) is 67.1 cm³/mol. The Morgan fingerprint density at radius 1 is 1.13 bits per heavy atom. The highest BCUT2D eigenvalue weighted by Gasteiger charge is 2.16. The Kier molecular flexibility index (Phi) is 7.35. The van der Waals surface area contributed by atoms with Gasteiger partial charge in [0.25, 0.3) is 0 Å². The molecule has 0 atom stereocenters. The molecule has 86 valence electrons. The van der Waals surface area contributed by atoms with Gasteiger partial charge in [0.1, 0.15) is 5.15 Å². The molecule has 0 bridgehead atoms. The monoisotopic (exact) mass is 228 g/mol. The molecule has 1 aliphatic rings. The number of rotatable bonds is 0. The minimum Gasteiger partial charge on any atom is -0.296 e. The maximum atomic E-state index is 5.74. The number of pyridine rings is 1. The predicted octanol–water partition coefficient (Wildman–Crippen LogP) is 3.73. The Hall–Kier alpha value is -0.600. The number of halogens is 1. The number of hydrogen-bond donors (Lipinski definition) is 0. The Labute approximate surface area is 98.3 Å². The lowest BCUT2D eigenvalue weighted by Crippen LogP contribution is -2.07. The van der Waals surface area contributed by atoms with Crippen molar-refractivity contribution < 1.29 is 0 Å². The molecule has 0 fully saturated rings. The van der Waals surface area contributed by atoms with Gasteiger partial charge in [0, 0.05) is 13.1 Å². The number of aromatic nitrogens is 1. The van der Waals surface area contributed by atoms with Gasteiger partial charge in [-0.2, -0.15) is 0 Å². The second-order valence-electron chi connectivity index (χ2n) is 2.91. The summed E-state index contributed by atoms with van der Waals surface area (Å²) in [7, 11) is 2.08. The number of hydrogen-bond acceptors (Lipinski definition) is 2. The van der Waals surface area contributed by atoms with E-state index in [4.69, 9.17) is 11.6 Å². The van der Waals surface area contributed by atoms with Crippen molar-refractivity contribution in [2.75, 3.05) is 7.05 Å². The van der Waals surface area contributed by atoms with Gasteiger partial charge in [0.15, 0.2) is 0 Å². The van der Waals surface area contributed by atoms with E-state index < -0.39 is 0 Å². The molecule has 0 aromatic carbocycles. The molecular weight excluding hydrogens is 208 g/mol. The van der Waals surface area contributed by atoms with E-state index >= 15 is 0 Å². The van der Waals surface area contributed by atoms with Crippen molar-refractivity contribution in [2.45, 2.75) is 40.8 Å². The molecule has 0 spiro atoms. The molecule has 0 unspecified atom stereocenters. The summed E-state index contributed by atoms with van der Waals surface area (Å²) in [6.07, 6.45) is 0. The zero-order chi connectivity index (χ0) is 11.8. The largest absolute Gasteiger partial charge is 0.296 e. The van der Waals surface area contributed by atoms with Crippen molar-refractivity contribution in [2.24, 2.45) is 0 Å². The van der Waals surface area contributed by atoms with Gasteiger partial charge in [-0.05, 0) is 18.7 Å². The highest BCUT2D eigenvalue weighted by molar-refractivity contribution is 6.29. The lowest BCUT2D eigenvalue weighted by atomic mass is 10.2. The van der Waals surface area contributed by atoms with Crippen LogP contribution >= 0.6 is 11.6 Å². The van der Waals surface area contributed by atoms with E-state index in [-0.39, 0.29) is 0 Å². The highest BCUT2D eigenvalue weighted by atomic mass is 35.5. The minimum absolute atomic E-state index is 0.596. The topological polar surface area (TPSA) is 16.1 Å². The maximum Gasteiger partial charge on any atom is 0.129 e. The summed E-state index contributed by atoms with van der Waals surface area (Å²) in [6, 6.07) is 3.90. The van der Waals surface area contributed by atoms with Crippen molar-refractivity contribution in [3.63, 3.8) is 0 Å². The van der Waals surface area contributed by atoms with Crippen molar-refractivity contribution >= 4 is 11.6 Å². The minimum atomic E-state index is 0.596. The molecule has 2 heterocycles. The van der Waals surface area contributed by atoms with Crippen LogP contribution in [-0.4, -0.2) is 16.9 Å². The molecule has 0 aliphatic carbocycles. The molecule has 1 aromatic rings. The van der Waals surface area contributed by atoms with Crippen molar-refractivity contribution in [1.82, 2.24) is 9.88 Å². The Balaban J connectivity index is 0.000000442. The van der Waals surface area contributed by atoms with Crippen LogP contribution in [0.3, 0.4) is 0 Å². The fraction of sp³-hybridized carbons (Fsp3) is 0.583. The van der Waals surface area contributed by atoms with E-state index in [1.807, 2.05) is 39.8 Å². The van der Waals surface area contributed by atoms with E-state index in [2.05, 4.69) is 16.9 Å². The van der Waals surface area contributed by atoms with Gasteiger partial charge in [0.2, 0.25) is 0 Å².